The number of aromatic nitrogens is 1. The minimum Gasteiger partial charge on any atom is -0.439 e. The van der Waals surface area contributed by atoms with E-state index in [2.05, 4.69) is 9.71 Å². The molecule has 0 spiro atoms. The number of rotatable bonds is 6. The number of hydrogen-bond acceptors (Lipinski definition) is 4. The molecule has 2 aromatic carbocycles. The van der Waals surface area contributed by atoms with E-state index < -0.39 is 21.7 Å². The Bertz CT molecular complexity index is 1060. The van der Waals surface area contributed by atoms with E-state index in [0.29, 0.717) is 11.3 Å². The van der Waals surface area contributed by atoms with Crippen LogP contribution in [0.1, 0.15) is 5.56 Å². The number of nitrogens with zero attached hydrogens (tertiary/aromatic N) is 1. The molecule has 0 atom stereocenters. The van der Waals surface area contributed by atoms with Gasteiger partial charge < -0.3 is 4.74 Å². The quantitative estimate of drug-likeness (QED) is 0.658. The third-order valence-electron chi connectivity index (χ3n) is 3.48. The first-order chi connectivity index (χ1) is 12.8. The van der Waals surface area contributed by atoms with Gasteiger partial charge in [0.1, 0.15) is 22.3 Å². The molecule has 0 saturated carbocycles. The molecule has 3 aromatic rings. The average molecular weight is 411 g/mol. The maximum absolute atomic E-state index is 13.3. The minimum atomic E-state index is -4.01. The van der Waals surface area contributed by atoms with Gasteiger partial charge in [-0.25, -0.2) is 26.9 Å². The Balaban J connectivity index is 1.72. The van der Waals surface area contributed by atoms with Gasteiger partial charge >= 0.3 is 0 Å². The molecule has 1 heterocycles. The molecule has 1 aromatic heterocycles. The van der Waals surface area contributed by atoms with Crippen LogP contribution in [0.15, 0.2) is 65.7 Å². The SMILES string of the molecule is O=S(=O)(NCc1ccnc(Oc2ccc(F)cc2)c1)c1cc(F)ccc1Cl. The van der Waals surface area contributed by atoms with Gasteiger partial charge in [0.2, 0.25) is 15.9 Å². The van der Waals surface area contributed by atoms with E-state index in [-0.39, 0.29) is 22.3 Å². The molecular formula is C18H13ClF2N2O3S. The molecule has 140 valence electrons. The normalized spacial score (nSPS) is 11.4. The molecule has 27 heavy (non-hydrogen) atoms. The molecule has 0 amide bonds. The summed E-state index contributed by atoms with van der Waals surface area (Å²) in [4.78, 5) is 3.68. The zero-order valence-corrected chi connectivity index (χ0v) is 15.3. The van der Waals surface area contributed by atoms with E-state index in [0.717, 1.165) is 12.1 Å². The predicted molar refractivity (Wildman–Crippen MR) is 96.1 cm³/mol. The third-order valence-corrected chi connectivity index (χ3v) is 5.37. The van der Waals surface area contributed by atoms with Crippen molar-refractivity contribution in [1.82, 2.24) is 9.71 Å². The lowest BCUT2D eigenvalue weighted by atomic mass is 10.3. The molecule has 0 saturated heterocycles. The molecule has 0 radical (unpaired) electrons. The van der Waals surface area contributed by atoms with E-state index >= 15 is 0 Å². The highest BCUT2D eigenvalue weighted by atomic mass is 35.5. The molecule has 0 aliphatic heterocycles. The Morgan fingerprint density at radius 2 is 1.70 bits per heavy atom. The summed E-state index contributed by atoms with van der Waals surface area (Å²) in [6.07, 6.45) is 1.44. The molecule has 1 N–H and O–H groups in total. The zero-order valence-electron chi connectivity index (χ0n) is 13.7. The summed E-state index contributed by atoms with van der Waals surface area (Å²) in [5, 5.41) is -0.0843. The molecule has 0 aliphatic rings. The molecule has 5 nitrogen and oxygen atoms in total. The number of benzene rings is 2. The van der Waals surface area contributed by atoms with Crippen LogP contribution in [0.3, 0.4) is 0 Å². The summed E-state index contributed by atoms with van der Waals surface area (Å²) in [6, 6.07) is 11.6. The Morgan fingerprint density at radius 3 is 2.44 bits per heavy atom. The number of hydrogen-bond donors (Lipinski definition) is 1. The van der Waals surface area contributed by atoms with Gasteiger partial charge in [0, 0.05) is 18.8 Å². The molecular weight excluding hydrogens is 398 g/mol. The molecule has 3 rings (SSSR count). The molecule has 0 unspecified atom stereocenters. The molecule has 9 heteroatoms. The first-order valence-electron chi connectivity index (χ1n) is 7.66. The smallest absolute Gasteiger partial charge is 0.242 e. The van der Waals surface area contributed by atoms with Crippen LogP contribution in [-0.4, -0.2) is 13.4 Å². The summed E-state index contributed by atoms with van der Waals surface area (Å²) >= 11 is 5.85. The average Bonchev–Trinajstić information content (AvgIpc) is 2.64. The van der Waals surface area contributed by atoms with Crippen molar-refractivity contribution >= 4 is 21.6 Å². The topological polar surface area (TPSA) is 68.3 Å². The van der Waals surface area contributed by atoms with E-state index in [9.17, 15) is 17.2 Å². The van der Waals surface area contributed by atoms with E-state index in [1.54, 1.807) is 6.07 Å². The van der Waals surface area contributed by atoms with Gasteiger partial charge in [0.05, 0.1) is 5.02 Å². The molecule has 0 bridgehead atoms. The number of halogens is 3. The van der Waals surface area contributed by atoms with E-state index in [4.69, 9.17) is 16.3 Å². The minimum absolute atomic E-state index is 0.0843. The van der Waals surface area contributed by atoms with Crippen LogP contribution >= 0.6 is 11.6 Å². The second-order valence-corrected chi connectivity index (χ2v) is 7.60. The zero-order chi connectivity index (χ0) is 19.4. The van der Waals surface area contributed by atoms with Crippen molar-refractivity contribution in [1.29, 1.82) is 0 Å². The highest BCUT2D eigenvalue weighted by Gasteiger charge is 2.18. The van der Waals surface area contributed by atoms with Crippen molar-refractivity contribution in [2.24, 2.45) is 0 Å². The van der Waals surface area contributed by atoms with Crippen LogP contribution in [0, 0.1) is 11.6 Å². The van der Waals surface area contributed by atoms with Gasteiger partial charge in [-0.3, -0.25) is 0 Å². The Hall–Kier alpha value is -2.55. The Kier molecular flexibility index (Phi) is 5.69. The Morgan fingerprint density at radius 1 is 1.00 bits per heavy atom. The van der Waals surface area contributed by atoms with Crippen molar-refractivity contribution in [2.75, 3.05) is 0 Å². The monoisotopic (exact) mass is 410 g/mol. The summed E-state index contributed by atoms with van der Waals surface area (Å²) in [7, 11) is -4.01. The lowest BCUT2D eigenvalue weighted by Crippen LogP contribution is -2.23. The van der Waals surface area contributed by atoms with Gasteiger partial charge in [-0.05, 0) is 54.1 Å². The summed E-state index contributed by atoms with van der Waals surface area (Å²) in [6.45, 7) is -0.0858. The predicted octanol–water partition coefficient (Wildman–Crippen LogP) is 4.28. The maximum atomic E-state index is 13.3. The van der Waals surface area contributed by atoms with Crippen LogP contribution in [0.5, 0.6) is 11.6 Å². The van der Waals surface area contributed by atoms with Crippen LogP contribution < -0.4 is 9.46 Å². The number of nitrogens with one attached hydrogen (secondary N) is 1. The lowest BCUT2D eigenvalue weighted by molar-refractivity contribution is 0.460. The number of pyridine rings is 1. The Labute approximate surface area is 159 Å². The number of ether oxygens (including phenoxy) is 1. The fourth-order valence-corrected chi connectivity index (χ4v) is 3.71. The van der Waals surface area contributed by atoms with Gasteiger partial charge in [-0.1, -0.05) is 11.6 Å². The van der Waals surface area contributed by atoms with Crippen LogP contribution in [-0.2, 0) is 16.6 Å². The fraction of sp³-hybridized carbons (Fsp3) is 0.0556. The molecule has 0 aliphatic carbocycles. The van der Waals surface area contributed by atoms with Gasteiger partial charge in [0.25, 0.3) is 0 Å². The second kappa shape index (κ2) is 7.99. The van der Waals surface area contributed by atoms with Gasteiger partial charge in [0.15, 0.2) is 0 Å². The second-order valence-electron chi connectivity index (χ2n) is 5.46. The van der Waals surface area contributed by atoms with Gasteiger partial charge in [-0.15, -0.1) is 0 Å². The van der Waals surface area contributed by atoms with Crippen molar-refractivity contribution < 1.29 is 21.9 Å². The maximum Gasteiger partial charge on any atom is 0.242 e. The van der Waals surface area contributed by atoms with Crippen molar-refractivity contribution in [3.8, 4) is 11.6 Å². The van der Waals surface area contributed by atoms with Gasteiger partial charge in [-0.2, -0.15) is 0 Å². The first-order valence-corrected chi connectivity index (χ1v) is 9.53. The van der Waals surface area contributed by atoms with Crippen molar-refractivity contribution in [3.05, 3.63) is 83.0 Å². The highest BCUT2D eigenvalue weighted by Crippen LogP contribution is 2.23. The van der Waals surface area contributed by atoms with Crippen molar-refractivity contribution in [2.45, 2.75) is 11.4 Å². The van der Waals surface area contributed by atoms with Crippen LogP contribution in [0.4, 0.5) is 8.78 Å². The standard InChI is InChI=1S/C18H13ClF2N2O3S/c19-16-6-3-14(21)10-17(16)27(24,25)23-11-12-7-8-22-18(9-12)26-15-4-1-13(20)2-5-15/h1-10,23H,11H2. The summed E-state index contributed by atoms with van der Waals surface area (Å²) in [5.41, 5.74) is 0.554. The third kappa shape index (κ3) is 5.00. The molecule has 0 fully saturated rings. The van der Waals surface area contributed by atoms with E-state index in [1.807, 2.05) is 0 Å². The van der Waals surface area contributed by atoms with Crippen LogP contribution in [0.2, 0.25) is 5.02 Å². The van der Waals surface area contributed by atoms with Crippen molar-refractivity contribution in [3.63, 3.8) is 0 Å². The fourth-order valence-electron chi connectivity index (χ4n) is 2.18. The summed E-state index contributed by atoms with van der Waals surface area (Å²) in [5.74, 6) is -0.511. The van der Waals surface area contributed by atoms with E-state index in [1.165, 1.54) is 42.6 Å². The first kappa shape index (κ1) is 19.2. The summed E-state index contributed by atoms with van der Waals surface area (Å²) < 4.78 is 58.8. The van der Waals surface area contributed by atoms with Crippen LogP contribution in [0.25, 0.3) is 0 Å². The number of sulfonamides is 1. The lowest BCUT2D eigenvalue weighted by Gasteiger charge is -2.10. The highest BCUT2D eigenvalue weighted by molar-refractivity contribution is 7.89. The largest absolute Gasteiger partial charge is 0.439 e.